The van der Waals surface area contributed by atoms with Crippen LogP contribution in [0.4, 0.5) is 0 Å². The Morgan fingerprint density at radius 1 is 1.19 bits per heavy atom. The first-order chi connectivity index (χ1) is 12.8. The van der Waals surface area contributed by atoms with Crippen molar-refractivity contribution in [1.82, 2.24) is 0 Å². The van der Waals surface area contributed by atoms with Gasteiger partial charge in [0, 0.05) is 11.3 Å². The quantitative estimate of drug-likeness (QED) is 0.544. The lowest BCUT2D eigenvalue weighted by Gasteiger charge is -2.25. The zero-order valence-electron chi connectivity index (χ0n) is 16.3. The summed E-state index contributed by atoms with van der Waals surface area (Å²) in [5.41, 5.74) is 1.08. The Balaban J connectivity index is 1.97. The molecule has 0 radical (unpaired) electrons. The highest BCUT2D eigenvalue weighted by Gasteiger charge is 2.36. The fourth-order valence-corrected chi connectivity index (χ4v) is 4.61. The summed E-state index contributed by atoms with van der Waals surface area (Å²) in [7, 11) is 0. The molecule has 2 aromatic carbocycles. The van der Waals surface area contributed by atoms with Crippen LogP contribution < -0.4 is 4.74 Å². The second kappa shape index (κ2) is 7.73. The van der Waals surface area contributed by atoms with E-state index in [9.17, 15) is 9.90 Å². The molecule has 0 saturated heterocycles. The predicted molar refractivity (Wildman–Crippen MR) is 112 cm³/mol. The van der Waals surface area contributed by atoms with Gasteiger partial charge in [-0.1, -0.05) is 50.2 Å². The third-order valence-corrected chi connectivity index (χ3v) is 6.24. The highest BCUT2D eigenvalue weighted by molar-refractivity contribution is 7.19. The van der Waals surface area contributed by atoms with Gasteiger partial charge >= 0.3 is 5.97 Å². The summed E-state index contributed by atoms with van der Waals surface area (Å²) in [5.74, 6) is 0.488. The van der Waals surface area contributed by atoms with Gasteiger partial charge in [-0.25, -0.2) is 0 Å². The number of ether oxygens (including phenoxy) is 1. The minimum Gasteiger partial charge on any atom is -0.492 e. The largest absolute Gasteiger partial charge is 0.492 e. The summed E-state index contributed by atoms with van der Waals surface area (Å²) in [4.78, 5) is 13.3. The number of fused-ring (bicyclic) bond motifs is 1. The van der Waals surface area contributed by atoms with Gasteiger partial charge in [0.1, 0.15) is 5.75 Å². The van der Waals surface area contributed by atoms with Crippen molar-refractivity contribution < 1.29 is 14.6 Å². The summed E-state index contributed by atoms with van der Waals surface area (Å²) in [6.45, 7) is 8.67. The fraction of sp³-hybridized carbons (Fsp3) is 0.348. The van der Waals surface area contributed by atoms with Gasteiger partial charge in [0.2, 0.25) is 0 Å². The number of rotatable bonds is 7. The number of carboxylic acids is 1. The molecule has 3 aromatic rings. The van der Waals surface area contributed by atoms with E-state index in [4.69, 9.17) is 4.74 Å². The molecule has 0 fully saturated rings. The van der Waals surface area contributed by atoms with Gasteiger partial charge in [0.25, 0.3) is 0 Å². The Kier molecular flexibility index (Phi) is 5.56. The highest BCUT2D eigenvalue weighted by Crippen LogP contribution is 2.38. The minimum atomic E-state index is -0.970. The molecule has 4 heteroatoms. The summed E-state index contributed by atoms with van der Waals surface area (Å²) in [5, 5.41) is 11.1. The molecule has 1 unspecified atom stereocenters. The summed E-state index contributed by atoms with van der Waals surface area (Å²) < 4.78 is 6.81. The molecular weight excluding hydrogens is 356 g/mol. The van der Waals surface area contributed by atoms with E-state index in [0.717, 1.165) is 26.3 Å². The van der Waals surface area contributed by atoms with E-state index in [0.29, 0.717) is 18.9 Å². The van der Waals surface area contributed by atoms with E-state index >= 15 is 0 Å². The Morgan fingerprint density at radius 2 is 1.89 bits per heavy atom. The molecule has 1 atom stereocenters. The van der Waals surface area contributed by atoms with Gasteiger partial charge in [0.15, 0.2) is 0 Å². The van der Waals surface area contributed by atoms with Crippen molar-refractivity contribution in [2.75, 3.05) is 6.61 Å². The van der Waals surface area contributed by atoms with Crippen LogP contribution >= 0.6 is 11.3 Å². The Bertz CT molecular complexity index is 940. The molecule has 0 bridgehead atoms. The number of hydrogen-bond donors (Lipinski definition) is 1. The van der Waals surface area contributed by atoms with Crippen molar-refractivity contribution in [2.45, 2.75) is 45.4 Å². The van der Waals surface area contributed by atoms with Gasteiger partial charge in [-0.15, -0.1) is 11.3 Å². The Hall–Kier alpha value is -2.33. The average molecular weight is 383 g/mol. The SMILES string of the molecule is CCOc1cccc2cc(CC(C)(C(=O)O)c3ccc(C(C)C)cc3)sc12. The van der Waals surface area contributed by atoms with Crippen molar-refractivity contribution >= 4 is 27.4 Å². The van der Waals surface area contributed by atoms with Gasteiger partial charge < -0.3 is 9.84 Å². The molecule has 1 N–H and O–H groups in total. The molecule has 3 nitrogen and oxygen atoms in total. The first-order valence-electron chi connectivity index (χ1n) is 9.33. The van der Waals surface area contributed by atoms with Crippen LogP contribution in [0.25, 0.3) is 10.1 Å². The maximum Gasteiger partial charge on any atom is 0.314 e. The van der Waals surface area contributed by atoms with Crippen molar-refractivity contribution in [2.24, 2.45) is 0 Å². The number of benzene rings is 2. The maximum atomic E-state index is 12.2. The molecule has 3 rings (SSSR count). The zero-order valence-corrected chi connectivity index (χ0v) is 17.1. The lowest BCUT2D eigenvalue weighted by atomic mass is 9.78. The predicted octanol–water partition coefficient (Wildman–Crippen LogP) is 6.01. The van der Waals surface area contributed by atoms with Crippen LogP contribution in [-0.4, -0.2) is 17.7 Å². The molecule has 0 aliphatic heterocycles. The van der Waals surface area contributed by atoms with Crippen LogP contribution in [-0.2, 0) is 16.6 Å². The van der Waals surface area contributed by atoms with Crippen molar-refractivity contribution in [3.63, 3.8) is 0 Å². The van der Waals surface area contributed by atoms with E-state index in [-0.39, 0.29) is 0 Å². The van der Waals surface area contributed by atoms with Gasteiger partial charge in [-0.05, 0) is 48.4 Å². The van der Waals surface area contributed by atoms with Crippen molar-refractivity contribution in [1.29, 1.82) is 0 Å². The minimum absolute atomic E-state index is 0.426. The maximum absolute atomic E-state index is 12.2. The fourth-order valence-electron chi connectivity index (χ4n) is 3.33. The summed E-state index contributed by atoms with van der Waals surface area (Å²) >= 11 is 1.62. The molecule has 0 aliphatic carbocycles. The molecule has 0 amide bonds. The second-order valence-corrected chi connectivity index (χ2v) is 8.55. The Labute approximate surface area is 164 Å². The van der Waals surface area contributed by atoms with Crippen LogP contribution in [0.1, 0.15) is 49.6 Å². The standard InChI is InChI=1S/C23H26O3S/c1-5-26-20-8-6-7-17-13-19(27-21(17)20)14-23(4,22(24)25)18-11-9-16(10-12-18)15(2)3/h6-13,15H,5,14H2,1-4H3,(H,24,25). The van der Waals surface area contributed by atoms with Gasteiger partial charge in [-0.3, -0.25) is 4.79 Å². The van der Waals surface area contributed by atoms with Crippen molar-refractivity contribution in [3.8, 4) is 5.75 Å². The lowest BCUT2D eigenvalue weighted by Crippen LogP contribution is -2.34. The molecule has 0 saturated carbocycles. The van der Waals surface area contributed by atoms with E-state index < -0.39 is 11.4 Å². The smallest absolute Gasteiger partial charge is 0.314 e. The molecule has 27 heavy (non-hydrogen) atoms. The first kappa shape index (κ1) is 19.4. The number of carboxylic acid groups (broad SMARTS) is 1. The van der Waals surface area contributed by atoms with Gasteiger partial charge in [-0.2, -0.15) is 0 Å². The third kappa shape index (κ3) is 3.86. The number of thiophene rings is 1. The molecule has 1 heterocycles. The van der Waals surface area contributed by atoms with E-state index in [1.807, 2.05) is 56.3 Å². The molecule has 0 aliphatic rings. The van der Waals surface area contributed by atoms with Crippen LogP contribution in [0.2, 0.25) is 0 Å². The molecular formula is C23H26O3S. The van der Waals surface area contributed by atoms with Crippen LogP contribution in [0.5, 0.6) is 5.75 Å². The summed E-state index contributed by atoms with van der Waals surface area (Å²) in [6, 6.07) is 16.1. The average Bonchev–Trinajstić information content (AvgIpc) is 3.05. The first-order valence-corrected chi connectivity index (χ1v) is 10.1. The van der Waals surface area contributed by atoms with Crippen LogP contribution in [0, 0.1) is 0 Å². The van der Waals surface area contributed by atoms with E-state index in [1.54, 1.807) is 11.3 Å². The molecule has 0 spiro atoms. The number of carbonyl (C=O) groups is 1. The number of hydrogen-bond acceptors (Lipinski definition) is 3. The Morgan fingerprint density at radius 3 is 2.48 bits per heavy atom. The lowest BCUT2D eigenvalue weighted by molar-refractivity contribution is -0.143. The second-order valence-electron chi connectivity index (χ2n) is 7.41. The van der Waals surface area contributed by atoms with E-state index in [1.165, 1.54) is 5.56 Å². The summed E-state index contributed by atoms with van der Waals surface area (Å²) in [6.07, 6.45) is 0.453. The molecule has 1 aromatic heterocycles. The normalized spacial score (nSPS) is 13.7. The van der Waals surface area contributed by atoms with Crippen LogP contribution in [0.3, 0.4) is 0 Å². The molecule has 142 valence electrons. The zero-order chi connectivity index (χ0) is 19.6. The number of aliphatic carboxylic acids is 1. The monoisotopic (exact) mass is 382 g/mol. The topological polar surface area (TPSA) is 46.5 Å². The highest BCUT2D eigenvalue weighted by atomic mass is 32.1. The van der Waals surface area contributed by atoms with Crippen molar-refractivity contribution in [3.05, 3.63) is 64.5 Å². The van der Waals surface area contributed by atoms with E-state index in [2.05, 4.69) is 19.9 Å². The third-order valence-electron chi connectivity index (χ3n) is 5.07. The van der Waals surface area contributed by atoms with Gasteiger partial charge in [0.05, 0.1) is 16.7 Å². The van der Waals surface area contributed by atoms with Crippen LogP contribution in [0.15, 0.2) is 48.5 Å².